The summed E-state index contributed by atoms with van der Waals surface area (Å²) in [6.45, 7) is 7.63. The van der Waals surface area contributed by atoms with Gasteiger partial charge in [-0.05, 0) is 65.0 Å². The van der Waals surface area contributed by atoms with Crippen LogP contribution in [0.3, 0.4) is 0 Å². The van der Waals surface area contributed by atoms with Crippen molar-refractivity contribution in [2.45, 2.75) is 95.8 Å². The number of nitrogens with one attached hydrogen (secondary N) is 1. The minimum absolute atomic E-state index is 0.0107. The van der Waals surface area contributed by atoms with Crippen molar-refractivity contribution < 1.29 is 19.0 Å². The monoisotopic (exact) mass is 565 g/mol. The third kappa shape index (κ3) is 5.27. The molecular formula is C31H40FN5O4. The fraction of sp³-hybridized carbons (Fsp3) is 0.581. The summed E-state index contributed by atoms with van der Waals surface area (Å²) >= 11 is 0. The van der Waals surface area contributed by atoms with Crippen LogP contribution in [0, 0.1) is 12.7 Å². The minimum atomic E-state index is -0.695. The zero-order valence-electron chi connectivity index (χ0n) is 24.3. The van der Waals surface area contributed by atoms with E-state index in [0.29, 0.717) is 48.7 Å². The van der Waals surface area contributed by atoms with E-state index < -0.39 is 11.9 Å². The molecule has 3 aliphatic rings. The van der Waals surface area contributed by atoms with Crippen LogP contribution in [0.2, 0.25) is 0 Å². The number of aliphatic hydroxyl groups is 1. The molecule has 3 saturated heterocycles. The molecule has 2 unspecified atom stereocenters. The number of aromatic nitrogens is 3. The lowest BCUT2D eigenvalue weighted by Gasteiger charge is -2.39. The van der Waals surface area contributed by atoms with E-state index in [-0.39, 0.29) is 35.8 Å². The van der Waals surface area contributed by atoms with Crippen molar-refractivity contribution in [1.82, 2.24) is 19.4 Å². The Kier molecular flexibility index (Phi) is 7.84. The Morgan fingerprint density at radius 1 is 1.22 bits per heavy atom. The molecule has 3 fully saturated rings. The number of benzene rings is 1. The molecule has 0 amide bonds. The molecule has 0 saturated carbocycles. The largest absolute Gasteiger partial charge is 0.389 e. The van der Waals surface area contributed by atoms with Crippen LogP contribution in [0.1, 0.15) is 63.3 Å². The van der Waals surface area contributed by atoms with Crippen molar-refractivity contribution in [3.8, 4) is 11.3 Å². The molecule has 1 aromatic carbocycles. The summed E-state index contributed by atoms with van der Waals surface area (Å²) in [6, 6.07) is 6.12. The molecule has 3 aliphatic heterocycles. The van der Waals surface area contributed by atoms with Gasteiger partial charge in [-0.15, -0.1) is 0 Å². The first-order valence-electron chi connectivity index (χ1n) is 14.8. The smallest absolute Gasteiger partial charge is 0.223 e. The summed E-state index contributed by atoms with van der Waals surface area (Å²) < 4.78 is 28.4. The van der Waals surface area contributed by atoms with Gasteiger partial charge in [0.1, 0.15) is 5.69 Å². The van der Waals surface area contributed by atoms with E-state index in [9.17, 15) is 9.90 Å². The van der Waals surface area contributed by atoms with Gasteiger partial charge in [-0.25, -0.2) is 14.4 Å². The summed E-state index contributed by atoms with van der Waals surface area (Å²) in [5, 5.41) is 14.0. The van der Waals surface area contributed by atoms with E-state index in [1.807, 2.05) is 13.0 Å². The maximum absolute atomic E-state index is 15.1. The quantitative estimate of drug-likeness (QED) is 0.440. The predicted octanol–water partition coefficient (Wildman–Crippen LogP) is 4.19. The number of nitrogens with zero attached hydrogens (tertiary/aromatic N) is 4. The molecule has 6 rings (SSSR count). The van der Waals surface area contributed by atoms with E-state index in [1.54, 1.807) is 19.2 Å². The molecule has 2 N–H and O–H groups in total. The lowest BCUT2D eigenvalue weighted by molar-refractivity contribution is -0.0136. The van der Waals surface area contributed by atoms with Gasteiger partial charge in [0.2, 0.25) is 5.95 Å². The maximum Gasteiger partial charge on any atom is 0.223 e. The van der Waals surface area contributed by atoms with Crippen LogP contribution in [0.25, 0.3) is 22.2 Å². The highest BCUT2D eigenvalue weighted by atomic mass is 19.1. The second kappa shape index (κ2) is 11.4. The zero-order valence-corrected chi connectivity index (χ0v) is 24.3. The van der Waals surface area contributed by atoms with Gasteiger partial charge in [-0.2, -0.15) is 0 Å². The van der Waals surface area contributed by atoms with Crippen molar-refractivity contribution in [3.63, 3.8) is 0 Å². The number of piperidine rings is 1. The van der Waals surface area contributed by atoms with Crippen LogP contribution in [0.4, 0.5) is 10.3 Å². The highest BCUT2D eigenvalue weighted by Gasteiger charge is 2.41. The van der Waals surface area contributed by atoms with Gasteiger partial charge in [0.05, 0.1) is 36.6 Å². The molecule has 4 atom stereocenters. The molecule has 0 spiro atoms. The van der Waals surface area contributed by atoms with Crippen LogP contribution in [-0.4, -0.2) is 75.2 Å². The number of halogens is 1. The molecule has 5 heterocycles. The predicted molar refractivity (Wildman–Crippen MR) is 156 cm³/mol. The van der Waals surface area contributed by atoms with Crippen molar-refractivity contribution >= 4 is 16.9 Å². The van der Waals surface area contributed by atoms with Crippen molar-refractivity contribution in [2.24, 2.45) is 0 Å². The SMILES string of the molecule is COC1CC2CCC(C1)N2Cc1c(C)c(=O)c2ccc(-c3nc(N[C@@H]4CCOC[C@H]4O)ncc3F)cc2n1C(C)C. The number of fused-ring (bicyclic) bond motifs is 3. The summed E-state index contributed by atoms with van der Waals surface area (Å²) in [7, 11) is 1.80. The van der Waals surface area contributed by atoms with Crippen molar-refractivity contribution in [1.29, 1.82) is 0 Å². The molecule has 2 aromatic heterocycles. The Labute approximate surface area is 239 Å². The molecule has 9 nitrogen and oxygen atoms in total. The summed E-state index contributed by atoms with van der Waals surface area (Å²) in [5.74, 6) is -0.306. The van der Waals surface area contributed by atoms with Gasteiger partial charge in [0.25, 0.3) is 0 Å². The highest BCUT2D eigenvalue weighted by Crippen LogP contribution is 2.39. The lowest BCUT2D eigenvalue weighted by Crippen LogP contribution is -2.45. The normalized spacial score (nSPS) is 26.7. The molecule has 41 heavy (non-hydrogen) atoms. The third-order valence-corrected chi connectivity index (χ3v) is 9.25. The Hall–Kier alpha value is -2.92. The van der Waals surface area contributed by atoms with Crippen LogP contribution in [0.5, 0.6) is 0 Å². The number of aliphatic hydroxyl groups excluding tert-OH is 1. The number of hydrogen-bond donors (Lipinski definition) is 2. The summed E-state index contributed by atoms with van der Waals surface area (Å²) in [6.07, 6.45) is 5.70. The molecule has 0 aliphatic carbocycles. The average molecular weight is 566 g/mol. The van der Waals surface area contributed by atoms with Gasteiger partial charge in [-0.1, -0.05) is 6.07 Å². The van der Waals surface area contributed by atoms with E-state index in [4.69, 9.17) is 9.47 Å². The first-order valence-corrected chi connectivity index (χ1v) is 14.8. The standard InChI is InChI=1S/C31H40FN5O4/c1-17(2)37-26-11-19(29-24(32)14-33-31(35-29)34-25-9-10-41-16-28(25)38)5-8-23(26)30(39)18(3)27(37)15-36-20-6-7-21(36)13-22(12-20)40-4/h5,8,11,14,17,20-22,25,28,38H,6-7,9-10,12-13,15-16H2,1-4H3,(H,33,34,35)/t20?,21?,22?,25-,28-/m1/s1. The van der Waals surface area contributed by atoms with E-state index in [1.165, 1.54) is 0 Å². The lowest BCUT2D eigenvalue weighted by atomic mass is 9.98. The molecule has 2 bridgehead atoms. The van der Waals surface area contributed by atoms with E-state index >= 15 is 4.39 Å². The molecule has 3 aromatic rings. The number of anilines is 1. The number of pyridine rings is 1. The zero-order chi connectivity index (χ0) is 28.8. The molecule has 10 heteroatoms. The van der Waals surface area contributed by atoms with Crippen LogP contribution in [-0.2, 0) is 16.0 Å². The third-order valence-electron chi connectivity index (χ3n) is 9.25. The van der Waals surface area contributed by atoms with Crippen LogP contribution >= 0.6 is 0 Å². The van der Waals surface area contributed by atoms with Gasteiger partial charge < -0.3 is 24.5 Å². The number of hydrogen-bond acceptors (Lipinski definition) is 8. The topological polar surface area (TPSA) is 102 Å². The fourth-order valence-electron chi connectivity index (χ4n) is 7.06. The van der Waals surface area contributed by atoms with Crippen molar-refractivity contribution in [2.75, 3.05) is 25.6 Å². The molecule has 220 valence electrons. The first kappa shape index (κ1) is 28.2. The number of ether oxygens (including phenoxy) is 2. The first-order chi connectivity index (χ1) is 19.7. The van der Waals surface area contributed by atoms with Crippen LogP contribution in [0.15, 0.2) is 29.2 Å². The van der Waals surface area contributed by atoms with Gasteiger partial charge in [0, 0.05) is 60.6 Å². The number of rotatable bonds is 7. The second-order valence-electron chi connectivity index (χ2n) is 12.1. The number of methoxy groups -OCH3 is 1. The molecule has 0 radical (unpaired) electrons. The van der Waals surface area contributed by atoms with Gasteiger partial charge in [-0.3, -0.25) is 9.69 Å². The fourth-order valence-corrected chi connectivity index (χ4v) is 7.06. The average Bonchev–Trinajstić information content (AvgIpc) is 3.18. The Bertz CT molecular complexity index is 1480. The summed E-state index contributed by atoms with van der Waals surface area (Å²) in [5.41, 5.74) is 3.28. The Morgan fingerprint density at radius 3 is 2.66 bits per heavy atom. The van der Waals surface area contributed by atoms with Gasteiger partial charge in [0.15, 0.2) is 11.2 Å². The summed E-state index contributed by atoms with van der Waals surface area (Å²) in [4.78, 5) is 24.8. The van der Waals surface area contributed by atoms with E-state index in [2.05, 4.69) is 38.6 Å². The van der Waals surface area contributed by atoms with Gasteiger partial charge >= 0.3 is 0 Å². The highest BCUT2D eigenvalue weighted by molar-refractivity contribution is 5.85. The second-order valence-corrected chi connectivity index (χ2v) is 12.1. The minimum Gasteiger partial charge on any atom is -0.389 e. The van der Waals surface area contributed by atoms with E-state index in [0.717, 1.165) is 48.7 Å². The van der Waals surface area contributed by atoms with Crippen molar-refractivity contribution in [3.05, 3.63) is 51.7 Å². The Morgan fingerprint density at radius 2 is 1.98 bits per heavy atom. The molecular weight excluding hydrogens is 525 g/mol. The van der Waals surface area contributed by atoms with Crippen LogP contribution < -0.4 is 10.7 Å². The Balaban J connectivity index is 1.40. The maximum atomic E-state index is 15.1.